The van der Waals surface area contributed by atoms with Crippen molar-refractivity contribution in [3.05, 3.63) is 58.1 Å². The summed E-state index contributed by atoms with van der Waals surface area (Å²) in [6.07, 6.45) is 0. The summed E-state index contributed by atoms with van der Waals surface area (Å²) in [6, 6.07) is 13.0. The second-order valence-electron chi connectivity index (χ2n) is 5.57. The number of benzene rings is 2. The highest BCUT2D eigenvalue weighted by Gasteiger charge is 2.12. The summed E-state index contributed by atoms with van der Waals surface area (Å²) in [5.41, 5.74) is 5.96. The summed E-state index contributed by atoms with van der Waals surface area (Å²) in [5.74, 6) is 0. The molecule has 0 aliphatic carbocycles. The summed E-state index contributed by atoms with van der Waals surface area (Å²) in [5, 5.41) is 4.02. The Morgan fingerprint density at radius 3 is 2.38 bits per heavy atom. The molecule has 1 N–H and O–H groups in total. The van der Waals surface area contributed by atoms with Crippen LogP contribution in [0.5, 0.6) is 0 Å². The molecule has 2 nitrogen and oxygen atoms in total. The fourth-order valence-corrected chi connectivity index (χ4v) is 2.89. The third kappa shape index (κ3) is 3.39. The Labute approximate surface area is 132 Å². The lowest BCUT2D eigenvalue weighted by Crippen LogP contribution is -2.14. The normalized spacial score (nSPS) is 12.3. The minimum atomic E-state index is 0.248. The molecule has 0 fully saturated rings. The molecule has 0 radical (unpaired) electrons. The second-order valence-corrected chi connectivity index (χ2v) is 5.97. The molecule has 0 heterocycles. The van der Waals surface area contributed by atoms with Crippen LogP contribution in [-0.4, -0.2) is 14.1 Å². The van der Waals surface area contributed by atoms with Crippen LogP contribution in [0.1, 0.15) is 29.7 Å². The minimum absolute atomic E-state index is 0.248. The summed E-state index contributed by atoms with van der Waals surface area (Å²) >= 11 is 6.43. The van der Waals surface area contributed by atoms with Crippen LogP contribution in [0.3, 0.4) is 0 Å². The molecule has 112 valence electrons. The average molecular weight is 303 g/mol. The SMILES string of the molecule is CNC(C)c1ccc(N(C)c2ccc(C)cc2C)cc1Cl. The number of hydrogen-bond donors (Lipinski definition) is 1. The van der Waals surface area contributed by atoms with Crippen LogP contribution in [0.2, 0.25) is 5.02 Å². The van der Waals surface area contributed by atoms with Crippen LogP contribution >= 0.6 is 11.6 Å². The van der Waals surface area contributed by atoms with Crippen molar-refractivity contribution >= 4 is 23.0 Å². The molecule has 0 aliphatic heterocycles. The van der Waals surface area contributed by atoms with Gasteiger partial charge in [0.25, 0.3) is 0 Å². The van der Waals surface area contributed by atoms with Gasteiger partial charge in [0.15, 0.2) is 0 Å². The maximum atomic E-state index is 6.43. The number of aryl methyl sites for hydroxylation is 2. The first-order valence-electron chi connectivity index (χ1n) is 7.21. The van der Waals surface area contributed by atoms with Gasteiger partial charge < -0.3 is 10.2 Å². The molecule has 2 aromatic rings. The quantitative estimate of drug-likeness (QED) is 0.854. The van der Waals surface area contributed by atoms with E-state index in [0.717, 1.165) is 16.3 Å². The number of nitrogens with zero attached hydrogens (tertiary/aromatic N) is 1. The Balaban J connectivity index is 2.35. The zero-order valence-corrected chi connectivity index (χ0v) is 14.1. The lowest BCUT2D eigenvalue weighted by molar-refractivity contribution is 0.652. The van der Waals surface area contributed by atoms with Gasteiger partial charge in [0, 0.05) is 29.5 Å². The molecule has 2 aromatic carbocycles. The Kier molecular flexibility index (Phi) is 4.92. The largest absolute Gasteiger partial charge is 0.344 e. The highest BCUT2D eigenvalue weighted by molar-refractivity contribution is 6.31. The number of hydrogen-bond acceptors (Lipinski definition) is 2. The van der Waals surface area contributed by atoms with Gasteiger partial charge in [-0.3, -0.25) is 0 Å². The molecule has 0 bridgehead atoms. The van der Waals surface area contributed by atoms with E-state index in [-0.39, 0.29) is 6.04 Å². The molecule has 1 atom stereocenters. The van der Waals surface area contributed by atoms with Crippen molar-refractivity contribution in [1.82, 2.24) is 5.32 Å². The Morgan fingerprint density at radius 1 is 1.10 bits per heavy atom. The van der Waals surface area contributed by atoms with Crippen molar-refractivity contribution in [3.63, 3.8) is 0 Å². The van der Waals surface area contributed by atoms with Crippen molar-refractivity contribution in [2.75, 3.05) is 19.0 Å². The predicted octanol–water partition coefficient (Wildman–Crippen LogP) is 5.01. The monoisotopic (exact) mass is 302 g/mol. The summed E-state index contributed by atoms with van der Waals surface area (Å²) in [4.78, 5) is 2.18. The zero-order valence-electron chi connectivity index (χ0n) is 13.4. The molecule has 0 amide bonds. The van der Waals surface area contributed by atoms with Gasteiger partial charge >= 0.3 is 0 Å². The van der Waals surface area contributed by atoms with Crippen molar-refractivity contribution < 1.29 is 0 Å². The summed E-state index contributed by atoms with van der Waals surface area (Å²) < 4.78 is 0. The average Bonchev–Trinajstić information content (AvgIpc) is 2.45. The first kappa shape index (κ1) is 15.9. The van der Waals surface area contributed by atoms with Crippen molar-refractivity contribution in [3.8, 4) is 0 Å². The number of anilines is 2. The van der Waals surface area contributed by atoms with Gasteiger partial charge in [-0.15, -0.1) is 0 Å². The van der Waals surface area contributed by atoms with E-state index < -0.39 is 0 Å². The third-order valence-electron chi connectivity index (χ3n) is 3.98. The minimum Gasteiger partial charge on any atom is -0.344 e. The third-order valence-corrected chi connectivity index (χ3v) is 4.31. The van der Waals surface area contributed by atoms with E-state index in [1.165, 1.54) is 16.8 Å². The lowest BCUT2D eigenvalue weighted by Gasteiger charge is -2.23. The fraction of sp³-hybridized carbons (Fsp3) is 0.333. The first-order chi connectivity index (χ1) is 9.93. The van der Waals surface area contributed by atoms with Crippen molar-refractivity contribution in [1.29, 1.82) is 0 Å². The van der Waals surface area contributed by atoms with Gasteiger partial charge in [0.1, 0.15) is 0 Å². The van der Waals surface area contributed by atoms with E-state index in [9.17, 15) is 0 Å². The second kappa shape index (κ2) is 6.50. The number of nitrogens with one attached hydrogen (secondary N) is 1. The van der Waals surface area contributed by atoms with Gasteiger partial charge in [-0.1, -0.05) is 35.4 Å². The van der Waals surface area contributed by atoms with E-state index in [1.807, 2.05) is 13.1 Å². The molecule has 0 aromatic heterocycles. The molecule has 0 saturated heterocycles. The molecule has 0 aliphatic rings. The topological polar surface area (TPSA) is 15.3 Å². The Bertz CT molecular complexity index is 637. The van der Waals surface area contributed by atoms with Crippen LogP contribution in [0.15, 0.2) is 36.4 Å². The van der Waals surface area contributed by atoms with Gasteiger partial charge in [0.05, 0.1) is 0 Å². The first-order valence-corrected chi connectivity index (χ1v) is 7.59. The molecule has 1 unspecified atom stereocenters. The molecule has 0 saturated carbocycles. The van der Waals surface area contributed by atoms with Crippen molar-refractivity contribution in [2.45, 2.75) is 26.8 Å². The smallest absolute Gasteiger partial charge is 0.0474 e. The van der Waals surface area contributed by atoms with E-state index in [0.29, 0.717) is 0 Å². The molecular formula is C18H23ClN2. The van der Waals surface area contributed by atoms with E-state index in [4.69, 9.17) is 11.6 Å². The van der Waals surface area contributed by atoms with Crippen molar-refractivity contribution in [2.24, 2.45) is 0 Å². The highest BCUT2D eigenvalue weighted by Crippen LogP contribution is 2.32. The molecular weight excluding hydrogens is 280 g/mol. The molecule has 0 spiro atoms. The number of halogens is 1. The predicted molar refractivity (Wildman–Crippen MR) is 92.9 cm³/mol. The maximum absolute atomic E-state index is 6.43. The molecule has 3 heteroatoms. The Morgan fingerprint density at radius 2 is 1.81 bits per heavy atom. The fourth-order valence-electron chi connectivity index (χ4n) is 2.55. The van der Waals surface area contributed by atoms with Crippen LogP contribution < -0.4 is 10.2 Å². The van der Waals surface area contributed by atoms with Gasteiger partial charge in [-0.05, 0) is 57.1 Å². The van der Waals surface area contributed by atoms with Crippen LogP contribution in [0.25, 0.3) is 0 Å². The standard InChI is InChI=1S/C18H23ClN2/c1-12-6-9-18(13(2)10-12)21(5)15-7-8-16(14(3)20-4)17(19)11-15/h6-11,14,20H,1-5H3. The van der Waals surface area contributed by atoms with Gasteiger partial charge in [0.2, 0.25) is 0 Å². The van der Waals surface area contributed by atoms with E-state index in [1.54, 1.807) is 0 Å². The van der Waals surface area contributed by atoms with E-state index >= 15 is 0 Å². The highest BCUT2D eigenvalue weighted by atomic mass is 35.5. The molecule has 21 heavy (non-hydrogen) atoms. The number of rotatable bonds is 4. The molecule has 2 rings (SSSR count). The zero-order chi connectivity index (χ0) is 15.6. The van der Waals surface area contributed by atoms with Gasteiger partial charge in [-0.2, -0.15) is 0 Å². The van der Waals surface area contributed by atoms with Crippen LogP contribution in [0, 0.1) is 13.8 Å². The summed E-state index contributed by atoms with van der Waals surface area (Å²) in [7, 11) is 4.02. The lowest BCUT2D eigenvalue weighted by atomic mass is 10.1. The summed E-state index contributed by atoms with van der Waals surface area (Å²) in [6.45, 7) is 6.36. The van der Waals surface area contributed by atoms with E-state index in [2.05, 4.69) is 68.4 Å². The van der Waals surface area contributed by atoms with Crippen LogP contribution in [0.4, 0.5) is 11.4 Å². The van der Waals surface area contributed by atoms with Gasteiger partial charge in [-0.25, -0.2) is 0 Å². The van der Waals surface area contributed by atoms with Crippen LogP contribution in [-0.2, 0) is 0 Å². The Hall–Kier alpha value is -1.51. The maximum Gasteiger partial charge on any atom is 0.0474 e.